The van der Waals surface area contributed by atoms with E-state index >= 15 is 0 Å². The van der Waals surface area contributed by atoms with Crippen molar-refractivity contribution in [1.29, 1.82) is 0 Å². The lowest BCUT2D eigenvalue weighted by Gasteiger charge is -2.19. The number of nitrogens with zero attached hydrogens (tertiary/aromatic N) is 1. The predicted molar refractivity (Wildman–Crippen MR) is 168 cm³/mol. The number of hydrogen-bond acceptors (Lipinski definition) is 5. The number of carbonyl (C=O) groups excluding carboxylic acids is 1. The molecule has 0 unspecified atom stereocenters. The van der Waals surface area contributed by atoms with E-state index in [9.17, 15) is 9.36 Å². The van der Waals surface area contributed by atoms with Crippen molar-refractivity contribution in [3.63, 3.8) is 0 Å². The van der Waals surface area contributed by atoms with E-state index in [0.29, 0.717) is 25.2 Å². The summed E-state index contributed by atoms with van der Waals surface area (Å²) in [4.78, 5) is 35.0. The number of benzene rings is 1. The molecule has 0 bridgehead atoms. The van der Waals surface area contributed by atoms with E-state index in [4.69, 9.17) is 19.0 Å². The fourth-order valence-electron chi connectivity index (χ4n) is 4.65. The van der Waals surface area contributed by atoms with Crippen molar-refractivity contribution in [1.82, 2.24) is 10.3 Å². The average Bonchev–Trinajstić information content (AvgIpc) is 2.97. The lowest BCUT2D eigenvalue weighted by molar-refractivity contribution is -0.122. The summed E-state index contributed by atoms with van der Waals surface area (Å²) >= 11 is 0. The van der Waals surface area contributed by atoms with E-state index in [0.717, 1.165) is 43.2 Å². The Morgan fingerprint density at radius 2 is 1.55 bits per heavy atom. The van der Waals surface area contributed by atoms with Gasteiger partial charge in [0.25, 0.3) is 0 Å². The maximum absolute atomic E-state index is 12.6. The Hall–Kier alpha value is -2.51. The van der Waals surface area contributed by atoms with Crippen LogP contribution in [0, 0.1) is 0 Å². The van der Waals surface area contributed by atoms with Gasteiger partial charge in [0, 0.05) is 24.4 Å². The first-order valence-corrected chi connectivity index (χ1v) is 17.1. The zero-order valence-electron chi connectivity index (χ0n) is 25.3. The number of aromatic nitrogens is 1. The molecule has 0 radical (unpaired) electrons. The first-order chi connectivity index (χ1) is 20.4. The molecule has 2 aromatic rings. The third kappa shape index (κ3) is 18.8. The minimum atomic E-state index is -4.65. The van der Waals surface area contributed by atoms with Gasteiger partial charge in [-0.1, -0.05) is 88.6 Å². The van der Waals surface area contributed by atoms with E-state index in [-0.39, 0.29) is 12.5 Å². The highest BCUT2D eigenvalue weighted by Crippen LogP contribution is 2.35. The van der Waals surface area contributed by atoms with Crippen molar-refractivity contribution in [2.45, 2.75) is 116 Å². The van der Waals surface area contributed by atoms with Crippen LogP contribution in [0.15, 0.2) is 60.9 Å². The van der Waals surface area contributed by atoms with Gasteiger partial charge in [-0.05, 0) is 62.3 Å². The number of nitrogens with one attached hydrogen (secondary N) is 1. The van der Waals surface area contributed by atoms with E-state index in [1.165, 1.54) is 51.4 Å². The molecule has 1 aromatic heterocycles. The van der Waals surface area contributed by atoms with Crippen molar-refractivity contribution in [3.8, 4) is 5.75 Å². The summed E-state index contributed by atoms with van der Waals surface area (Å²) in [6.45, 7) is 2.37. The van der Waals surface area contributed by atoms with Crippen molar-refractivity contribution < 1.29 is 28.4 Å². The maximum Gasteiger partial charge on any atom is 0.469 e. The fraction of sp³-hybridized carbons (Fsp3) is 0.576. The van der Waals surface area contributed by atoms with Crippen LogP contribution in [0.2, 0.25) is 0 Å². The second-order valence-electron chi connectivity index (χ2n) is 10.9. The lowest BCUT2D eigenvalue weighted by Crippen LogP contribution is -2.39. The molecule has 234 valence electrons. The van der Waals surface area contributed by atoms with Gasteiger partial charge in [0.15, 0.2) is 0 Å². The van der Waals surface area contributed by atoms with Gasteiger partial charge >= 0.3 is 7.82 Å². The number of unbranched alkanes of at least 4 members (excludes halogenated alkanes) is 11. The molecule has 1 heterocycles. The Balaban J connectivity index is 1.63. The van der Waals surface area contributed by atoms with Gasteiger partial charge in [0.1, 0.15) is 12.4 Å². The normalized spacial score (nSPS) is 12.5. The molecule has 8 nitrogen and oxygen atoms in total. The zero-order valence-corrected chi connectivity index (χ0v) is 26.2. The van der Waals surface area contributed by atoms with Crippen molar-refractivity contribution in [3.05, 3.63) is 72.1 Å². The van der Waals surface area contributed by atoms with Crippen LogP contribution >= 0.6 is 7.82 Å². The molecule has 0 saturated carbocycles. The number of ether oxygens (including phenoxy) is 1. The molecular formula is C33H51N2O6P. The summed E-state index contributed by atoms with van der Waals surface area (Å²) in [7, 11) is -4.65. The summed E-state index contributed by atoms with van der Waals surface area (Å²) in [5.41, 5.74) is 1.86. The second kappa shape index (κ2) is 22.1. The molecule has 9 heteroatoms. The van der Waals surface area contributed by atoms with Gasteiger partial charge in [0.2, 0.25) is 5.91 Å². The Morgan fingerprint density at radius 3 is 2.17 bits per heavy atom. The van der Waals surface area contributed by atoms with Gasteiger partial charge in [-0.15, -0.1) is 0 Å². The van der Waals surface area contributed by atoms with E-state index in [1.54, 1.807) is 12.4 Å². The van der Waals surface area contributed by atoms with E-state index < -0.39 is 13.9 Å². The summed E-state index contributed by atoms with van der Waals surface area (Å²) in [5, 5.41) is 2.89. The van der Waals surface area contributed by atoms with E-state index in [2.05, 4.69) is 29.4 Å². The van der Waals surface area contributed by atoms with Crippen molar-refractivity contribution in [2.24, 2.45) is 0 Å². The summed E-state index contributed by atoms with van der Waals surface area (Å²) in [6.07, 6.45) is 24.4. The van der Waals surface area contributed by atoms with Crippen molar-refractivity contribution in [2.75, 3.05) is 6.61 Å². The number of allylic oxidation sites excluding steroid dienone is 2. The standard InChI is InChI=1S/C33H51N2O6P/c1-2-3-4-5-6-7-8-9-10-11-12-13-14-15-16-19-33(36)35-31(28-41-42(37,38)39)25-29-20-22-32(23-21-29)40-27-30-18-17-24-34-26-30/h9-10,17-18,20-24,26,31H,2-8,11-16,19,25,27-28H2,1H3,(H,35,36)(H2,37,38,39)/b10-9-/t31-/m1/s1. The Morgan fingerprint density at radius 1 is 0.905 bits per heavy atom. The number of phosphoric ester groups is 1. The summed E-state index contributed by atoms with van der Waals surface area (Å²) in [5.74, 6) is 0.558. The van der Waals surface area contributed by atoms with Crippen LogP contribution in [-0.4, -0.2) is 33.3 Å². The number of rotatable bonds is 24. The minimum absolute atomic E-state index is 0.136. The number of hydrogen-bond donors (Lipinski definition) is 3. The van der Waals surface area contributed by atoms with Crippen LogP contribution in [0.3, 0.4) is 0 Å². The van der Waals surface area contributed by atoms with Crippen LogP contribution in [-0.2, 0) is 26.9 Å². The highest BCUT2D eigenvalue weighted by atomic mass is 31.2. The van der Waals surface area contributed by atoms with Gasteiger partial charge in [-0.2, -0.15) is 0 Å². The van der Waals surface area contributed by atoms with Crippen LogP contribution in [0.25, 0.3) is 0 Å². The molecule has 1 amide bonds. The van der Waals surface area contributed by atoms with Crippen LogP contribution < -0.4 is 10.1 Å². The molecule has 1 aromatic carbocycles. The monoisotopic (exact) mass is 602 g/mol. The predicted octanol–water partition coefficient (Wildman–Crippen LogP) is 7.83. The topological polar surface area (TPSA) is 118 Å². The quantitative estimate of drug-likeness (QED) is 0.0636. The largest absolute Gasteiger partial charge is 0.489 e. The summed E-state index contributed by atoms with van der Waals surface area (Å²) < 4.78 is 21.8. The van der Waals surface area contributed by atoms with Crippen LogP contribution in [0.4, 0.5) is 0 Å². The molecule has 0 aliphatic rings. The lowest BCUT2D eigenvalue weighted by atomic mass is 10.1. The number of pyridine rings is 1. The van der Waals surface area contributed by atoms with Crippen LogP contribution in [0.1, 0.15) is 108 Å². The maximum atomic E-state index is 12.6. The molecule has 2 rings (SSSR count). The smallest absolute Gasteiger partial charge is 0.469 e. The minimum Gasteiger partial charge on any atom is -0.489 e. The third-order valence-corrected chi connectivity index (χ3v) is 7.49. The Kier molecular flexibility index (Phi) is 18.8. The second-order valence-corrected chi connectivity index (χ2v) is 12.1. The van der Waals surface area contributed by atoms with Gasteiger partial charge in [0.05, 0.1) is 12.6 Å². The zero-order chi connectivity index (χ0) is 30.3. The molecule has 0 aliphatic heterocycles. The first kappa shape index (κ1) is 35.7. The van der Waals surface area contributed by atoms with Gasteiger partial charge in [-0.25, -0.2) is 4.57 Å². The van der Waals surface area contributed by atoms with Crippen LogP contribution in [0.5, 0.6) is 5.75 Å². The molecule has 42 heavy (non-hydrogen) atoms. The Labute approximate surface area is 252 Å². The molecule has 0 saturated heterocycles. The molecular weight excluding hydrogens is 551 g/mol. The van der Waals surface area contributed by atoms with Gasteiger partial charge < -0.3 is 19.8 Å². The first-order valence-electron chi connectivity index (χ1n) is 15.6. The third-order valence-electron chi connectivity index (χ3n) is 7.01. The molecule has 3 N–H and O–H groups in total. The molecule has 0 aliphatic carbocycles. The highest BCUT2D eigenvalue weighted by molar-refractivity contribution is 7.46. The summed E-state index contributed by atoms with van der Waals surface area (Å²) in [6, 6.07) is 10.6. The molecule has 1 atom stereocenters. The SMILES string of the molecule is CCCCCCCC/C=C\CCCCCCCC(=O)N[C@@H](COP(=O)(O)O)Cc1ccc(OCc2cccnc2)cc1. The van der Waals surface area contributed by atoms with E-state index in [1.807, 2.05) is 36.4 Å². The fourth-order valence-corrected chi connectivity index (χ4v) is 5.03. The Bertz CT molecular complexity index is 1040. The van der Waals surface area contributed by atoms with Crippen molar-refractivity contribution >= 4 is 13.7 Å². The molecule has 0 spiro atoms. The number of phosphoric acid groups is 1. The van der Waals surface area contributed by atoms with Gasteiger partial charge in [-0.3, -0.25) is 14.3 Å². The highest BCUT2D eigenvalue weighted by Gasteiger charge is 2.20. The number of carbonyl (C=O) groups is 1. The average molecular weight is 603 g/mol. The molecule has 0 fully saturated rings. The number of amides is 1.